The first-order chi connectivity index (χ1) is 6.65. The molecule has 0 radical (unpaired) electrons. The van der Waals surface area contributed by atoms with Gasteiger partial charge in [0.25, 0.3) is 5.91 Å². The van der Waals surface area contributed by atoms with Gasteiger partial charge in [0.2, 0.25) is 0 Å². The Kier molecular flexibility index (Phi) is 5.87. The van der Waals surface area contributed by atoms with Gasteiger partial charge in [-0.1, -0.05) is 27.7 Å². The zero-order valence-corrected chi connectivity index (χ0v) is 9.29. The molecule has 0 aromatic carbocycles. The Labute approximate surface area is 85.1 Å². The third-order valence-corrected chi connectivity index (χ3v) is 1.98. The Bertz CT molecular complexity index is 213. The summed E-state index contributed by atoms with van der Waals surface area (Å²) in [5.41, 5.74) is 5.43. The van der Waals surface area contributed by atoms with E-state index >= 15 is 0 Å². The van der Waals surface area contributed by atoms with Gasteiger partial charge in [-0.25, -0.2) is 5.84 Å². The van der Waals surface area contributed by atoms with E-state index in [1.165, 1.54) is 0 Å². The number of amides is 1. The number of carbonyl (C=O) groups is 1. The maximum absolute atomic E-state index is 11.0. The molecule has 1 aliphatic rings. The molecule has 0 aliphatic carbocycles. The van der Waals surface area contributed by atoms with E-state index in [1.807, 2.05) is 13.8 Å². The van der Waals surface area contributed by atoms with Gasteiger partial charge in [-0.3, -0.25) is 10.2 Å². The molecule has 14 heavy (non-hydrogen) atoms. The second-order valence-corrected chi connectivity index (χ2v) is 3.22. The maximum Gasteiger partial charge on any atom is 0.281 e. The van der Waals surface area contributed by atoms with Gasteiger partial charge in [0.05, 0.1) is 6.04 Å². The molecule has 5 heteroatoms. The first-order valence-electron chi connectivity index (χ1n) is 4.98. The summed E-state index contributed by atoms with van der Waals surface area (Å²) in [6.45, 7) is 8.16. The largest absolute Gasteiger partial charge is 0.306 e. The lowest BCUT2D eigenvalue weighted by Crippen LogP contribution is -2.36. The van der Waals surface area contributed by atoms with Crippen molar-refractivity contribution in [3.05, 3.63) is 0 Å². The Morgan fingerprint density at radius 2 is 2.21 bits per heavy atom. The molecule has 0 aromatic rings. The third-order valence-electron chi connectivity index (χ3n) is 1.98. The van der Waals surface area contributed by atoms with Crippen LogP contribution in [-0.2, 0) is 4.79 Å². The van der Waals surface area contributed by atoms with Gasteiger partial charge in [0.15, 0.2) is 0 Å². The molecule has 1 aliphatic heterocycles. The molecule has 1 atom stereocenters. The molecule has 1 rings (SSSR count). The number of hydrogen-bond donors (Lipinski definition) is 3. The van der Waals surface area contributed by atoms with Gasteiger partial charge in [-0.2, -0.15) is 5.10 Å². The summed E-state index contributed by atoms with van der Waals surface area (Å²) in [5.74, 6) is 5.13. The molecule has 1 amide bonds. The Hall–Kier alpha value is -1.10. The second kappa shape index (κ2) is 6.37. The minimum Gasteiger partial charge on any atom is -0.306 e. The van der Waals surface area contributed by atoms with Crippen LogP contribution in [0.25, 0.3) is 0 Å². The SMILES string of the molecule is CC.CC(C)C1CC(C(=O)NN)=NN1. The smallest absolute Gasteiger partial charge is 0.281 e. The van der Waals surface area contributed by atoms with Crippen LogP contribution in [0.15, 0.2) is 5.10 Å². The molecule has 0 bridgehead atoms. The molecule has 0 fully saturated rings. The van der Waals surface area contributed by atoms with Crippen LogP contribution in [0.5, 0.6) is 0 Å². The fraction of sp³-hybridized carbons (Fsp3) is 0.778. The van der Waals surface area contributed by atoms with E-state index in [4.69, 9.17) is 5.84 Å². The number of hydrazine groups is 1. The Balaban J connectivity index is 0.000000791. The lowest BCUT2D eigenvalue weighted by molar-refractivity contribution is -0.114. The van der Waals surface area contributed by atoms with Crippen LogP contribution < -0.4 is 16.7 Å². The normalized spacial score (nSPS) is 19.3. The van der Waals surface area contributed by atoms with Crippen molar-refractivity contribution in [2.45, 2.75) is 40.2 Å². The van der Waals surface area contributed by atoms with Gasteiger partial charge in [-0.05, 0) is 5.92 Å². The lowest BCUT2D eigenvalue weighted by Gasteiger charge is -2.12. The van der Waals surface area contributed by atoms with Gasteiger partial charge >= 0.3 is 0 Å². The topological polar surface area (TPSA) is 79.5 Å². The molecule has 82 valence electrons. The van der Waals surface area contributed by atoms with Crippen LogP contribution in [0.2, 0.25) is 0 Å². The lowest BCUT2D eigenvalue weighted by atomic mass is 10.0. The minimum absolute atomic E-state index is 0.261. The third kappa shape index (κ3) is 3.33. The van der Waals surface area contributed by atoms with Crippen molar-refractivity contribution in [2.24, 2.45) is 16.9 Å². The molecule has 0 spiro atoms. The van der Waals surface area contributed by atoms with Crippen molar-refractivity contribution >= 4 is 11.6 Å². The van der Waals surface area contributed by atoms with E-state index in [0.717, 1.165) is 0 Å². The molecule has 0 aromatic heterocycles. The summed E-state index contributed by atoms with van der Waals surface area (Å²) < 4.78 is 0. The van der Waals surface area contributed by atoms with E-state index in [9.17, 15) is 4.79 Å². The van der Waals surface area contributed by atoms with E-state index in [1.54, 1.807) is 0 Å². The van der Waals surface area contributed by atoms with Gasteiger partial charge < -0.3 is 5.43 Å². The first kappa shape index (κ1) is 12.9. The standard InChI is InChI=1S/C7H14N4O.C2H6/c1-4(2)5-3-6(11-10-5)7(12)9-8;1-2/h4-5,10H,3,8H2,1-2H3,(H,9,12);1-2H3. The quantitative estimate of drug-likeness (QED) is 0.342. The van der Waals surface area contributed by atoms with Gasteiger partial charge in [0, 0.05) is 6.42 Å². The average molecular weight is 200 g/mol. The van der Waals surface area contributed by atoms with E-state index < -0.39 is 0 Å². The predicted octanol–water partition coefficient (Wildman–Crippen LogP) is 0.376. The summed E-state index contributed by atoms with van der Waals surface area (Å²) in [4.78, 5) is 11.0. The zero-order valence-electron chi connectivity index (χ0n) is 9.29. The molecule has 4 N–H and O–H groups in total. The van der Waals surface area contributed by atoms with Crippen molar-refractivity contribution in [1.29, 1.82) is 0 Å². The molecule has 5 nitrogen and oxygen atoms in total. The molecule has 0 saturated carbocycles. The monoisotopic (exact) mass is 200 g/mol. The average Bonchev–Trinajstić information content (AvgIpc) is 2.68. The zero-order chi connectivity index (χ0) is 11.1. The van der Waals surface area contributed by atoms with Crippen LogP contribution in [-0.4, -0.2) is 17.7 Å². The number of nitrogens with zero attached hydrogens (tertiary/aromatic N) is 1. The van der Waals surface area contributed by atoms with Crippen molar-refractivity contribution in [3.63, 3.8) is 0 Å². The van der Waals surface area contributed by atoms with Gasteiger partial charge in [-0.15, -0.1) is 0 Å². The summed E-state index contributed by atoms with van der Waals surface area (Å²) >= 11 is 0. The number of hydrazone groups is 1. The van der Waals surface area contributed by atoms with E-state index in [0.29, 0.717) is 18.1 Å². The Morgan fingerprint density at radius 1 is 1.64 bits per heavy atom. The van der Waals surface area contributed by atoms with Crippen LogP contribution >= 0.6 is 0 Å². The highest BCUT2D eigenvalue weighted by Gasteiger charge is 2.24. The van der Waals surface area contributed by atoms with Crippen LogP contribution in [0.1, 0.15) is 34.1 Å². The highest BCUT2D eigenvalue weighted by atomic mass is 16.2. The second-order valence-electron chi connectivity index (χ2n) is 3.22. The number of rotatable bonds is 2. The van der Waals surface area contributed by atoms with Crippen molar-refractivity contribution < 1.29 is 4.79 Å². The van der Waals surface area contributed by atoms with Crippen LogP contribution in [0.4, 0.5) is 0 Å². The fourth-order valence-corrected chi connectivity index (χ4v) is 1.07. The number of hydrogen-bond acceptors (Lipinski definition) is 4. The first-order valence-corrected chi connectivity index (χ1v) is 4.98. The maximum atomic E-state index is 11.0. The molecule has 0 saturated heterocycles. The number of carbonyl (C=O) groups excluding carboxylic acids is 1. The minimum atomic E-state index is -0.300. The molecule has 1 heterocycles. The predicted molar refractivity (Wildman–Crippen MR) is 57.5 cm³/mol. The number of nitrogens with one attached hydrogen (secondary N) is 2. The molecular weight excluding hydrogens is 180 g/mol. The van der Waals surface area contributed by atoms with Crippen LogP contribution in [0, 0.1) is 5.92 Å². The van der Waals surface area contributed by atoms with E-state index in [2.05, 4.69) is 29.8 Å². The highest BCUT2D eigenvalue weighted by Crippen LogP contribution is 2.11. The van der Waals surface area contributed by atoms with Crippen molar-refractivity contribution in [1.82, 2.24) is 10.9 Å². The van der Waals surface area contributed by atoms with E-state index in [-0.39, 0.29) is 11.9 Å². The number of nitrogens with two attached hydrogens (primary N) is 1. The van der Waals surface area contributed by atoms with Crippen LogP contribution in [0.3, 0.4) is 0 Å². The highest BCUT2D eigenvalue weighted by molar-refractivity contribution is 6.39. The van der Waals surface area contributed by atoms with Gasteiger partial charge in [0.1, 0.15) is 5.71 Å². The molecule has 1 unspecified atom stereocenters. The van der Waals surface area contributed by atoms with Crippen molar-refractivity contribution in [3.8, 4) is 0 Å². The molecular formula is C9H20N4O. The summed E-state index contributed by atoms with van der Waals surface area (Å²) in [7, 11) is 0. The Morgan fingerprint density at radius 3 is 2.57 bits per heavy atom. The fourth-order valence-electron chi connectivity index (χ4n) is 1.07. The summed E-state index contributed by atoms with van der Waals surface area (Å²) in [6, 6.07) is 0.261. The van der Waals surface area contributed by atoms with Crippen molar-refractivity contribution in [2.75, 3.05) is 0 Å². The summed E-state index contributed by atoms with van der Waals surface area (Å²) in [5, 5.41) is 3.88. The summed E-state index contributed by atoms with van der Waals surface area (Å²) in [6.07, 6.45) is 0.653.